The van der Waals surface area contributed by atoms with Crippen LogP contribution in [0.2, 0.25) is 0 Å². The highest BCUT2D eigenvalue weighted by Gasteiger charge is 2.53. The first kappa shape index (κ1) is 8.19. The van der Waals surface area contributed by atoms with E-state index in [0.717, 1.165) is 0 Å². The van der Waals surface area contributed by atoms with Crippen LogP contribution >= 0.6 is 0 Å². The summed E-state index contributed by atoms with van der Waals surface area (Å²) in [7, 11) is 0. The van der Waals surface area contributed by atoms with Crippen molar-refractivity contribution in [1.82, 2.24) is 0 Å². The maximum atomic E-state index is 1.59. The first-order valence-electron chi connectivity index (χ1n) is 6.93. The van der Waals surface area contributed by atoms with Crippen LogP contribution in [0.15, 0.2) is 0 Å². The second kappa shape index (κ2) is 2.77. The molecule has 0 bridgehead atoms. The largest absolute Gasteiger partial charge is 0.0499 e. The van der Waals surface area contributed by atoms with Crippen LogP contribution in [0.25, 0.3) is 0 Å². The molecule has 14 heavy (non-hydrogen) atoms. The van der Waals surface area contributed by atoms with Crippen molar-refractivity contribution in [1.29, 1.82) is 0 Å². The fourth-order valence-corrected chi connectivity index (χ4v) is 3.95. The molecule has 4 saturated carbocycles. The molecule has 0 saturated heterocycles. The van der Waals surface area contributed by atoms with E-state index in [2.05, 4.69) is 0 Å². The van der Waals surface area contributed by atoms with E-state index in [-0.39, 0.29) is 0 Å². The molecule has 0 aromatic heterocycles. The molecule has 0 N–H and O–H groups in total. The van der Waals surface area contributed by atoms with Gasteiger partial charge in [0.05, 0.1) is 0 Å². The third-order valence-electron chi connectivity index (χ3n) is 5.11. The summed E-state index contributed by atoms with van der Waals surface area (Å²) in [6.45, 7) is 0. The van der Waals surface area contributed by atoms with Gasteiger partial charge in [-0.25, -0.2) is 0 Å². The minimum absolute atomic E-state index is 1.20. The molecule has 4 aliphatic rings. The van der Waals surface area contributed by atoms with Crippen molar-refractivity contribution < 1.29 is 0 Å². The van der Waals surface area contributed by atoms with Crippen molar-refractivity contribution in [3.05, 3.63) is 0 Å². The first-order chi connectivity index (χ1) is 6.93. The lowest BCUT2D eigenvalue weighted by molar-refractivity contribution is 0.203. The van der Waals surface area contributed by atoms with E-state index in [1.54, 1.807) is 51.4 Å². The van der Waals surface area contributed by atoms with Crippen molar-refractivity contribution in [2.75, 3.05) is 0 Å². The smallest absolute Gasteiger partial charge is 0.0324 e. The average Bonchev–Trinajstić information content (AvgIpc) is 3.08. The van der Waals surface area contributed by atoms with E-state index >= 15 is 0 Å². The molecule has 0 radical (unpaired) electrons. The fourth-order valence-electron chi connectivity index (χ4n) is 3.95. The molecule has 4 rings (SSSR count). The lowest BCUT2D eigenvalue weighted by Gasteiger charge is -2.27. The van der Waals surface area contributed by atoms with Crippen molar-refractivity contribution in [2.45, 2.75) is 51.4 Å². The van der Waals surface area contributed by atoms with Gasteiger partial charge in [0.2, 0.25) is 0 Å². The molecule has 0 heterocycles. The van der Waals surface area contributed by atoms with Crippen LogP contribution in [0.4, 0.5) is 0 Å². The van der Waals surface area contributed by atoms with Crippen molar-refractivity contribution in [2.24, 2.45) is 35.5 Å². The van der Waals surface area contributed by atoms with Gasteiger partial charge in [0.15, 0.2) is 0 Å². The second-order valence-corrected chi connectivity index (χ2v) is 6.50. The molecule has 0 aromatic carbocycles. The molecular weight excluding hydrogens is 168 g/mol. The van der Waals surface area contributed by atoms with Gasteiger partial charge in [-0.05, 0) is 86.9 Å². The standard InChI is InChI=1S/C14H22/c1-2-9(1)13(10-3-4-10)14(11-5-6-11)12-7-8-12/h9-14H,1-8H2. The van der Waals surface area contributed by atoms with Gasteiger partial charge >= 0.3 is 0 Å². The van der Waals surface area contributed by atoms with E-state index in [9.17, 15) is 0 Å². The summed E-state index contributed by atoms with van der Waals surface area (Å²) in [6.07, 6.45) is 12.8. The summed E-state index contributed by atoms with van der Waals surface area (Å²) in [6, 6.07) is 0. The number of hydrogen-bond acceptors (Lipinski definition) is 0. The summed E-state index contributed by atoms with van der Waals surface area (Å²) in [4.78, 5) is 0. The molecule has 78 valence electrons. The van der Waals surface area contributed by atoms with Gasteiger partial charge in [-0.1, -0.05) is 0 Å². The van der Waals surface area contributed by atoms with E-state index in [1.165, 1.54) is 35.5 Å². The summed E-state index contributed by atoms with van der Waals surface area (Å²) >= 11 is 0. The maximum Gasteiger partial charge on any atom is -0.0324 e. The minimum Gasteiger partial charge on any atom is -0.0499 e. The van der Waals surface area contributed by atoms with Crippen LogP contribution in [-0.2, 0) is 0 Å². The number of hydrogen-bond donors (Lipinski definition) is 0. The average molecular weight is 190 g/mol. The SMILES string of the molecule is C1CC1C(C1CC1)C(C1CC1)C1CC1. The van der Waals surface area contributed by atoms with E-state index in [0.29, 0.717) is 0 Å². The molecule has 0 aliphatic heterocycles. The molecule has 4 aliphatic carbocycles. The fraction of sp³-hybridized carbons (Fsp3) is 1.00. The van der Waals surface area contributed by atoms with Crippen molar-refractivity contribution >= 4 is 0 Å². The molecule has 0 nitrogen and oxygen atoms in total. The zero-order valence-electron chi connectivity index (χ0n) is 9.12. The van der Waals surface area contributed by atoms with Gasteiger partial charge in [-0.15, -0.1) is 0 Å². The Morgan fingerprint density at radius 2 is 0.643 bits per heavy atom. The van der Waals surface area contributed by atoms with E-state index < -0.39 is 0 Å². The van der Waals surface area contributed by atoms with Gasteiger partial charge in [0.1, 0.15) is 0 Å². The Balaban J connectivity index is 1.54. The van der Waals surface area contributed by atoms with Gasteiger partial charge in [-0.3, -0.25) is 0 Å². The third kappa shape index (κ3) is 1.42. The lowest BCUT2D eigenvalue weighted by Crippen LogP contribution is -2.22. The lowest BCUT2D eigenvalue weighted by atomic mass is 9.78. The summed E-state index contributed by atoms with van der Waals surface area (Å²) < 4.78 is 0. The Kier molecular flexibility index (Phi) is 1.62. The zero-order chi connectivity index (χ0) is 9.12. The highest BCUT2D eigenvalue weighted by molar-refractivity contribution is 5.03. The Hall–Kier alpha value is 0. The monoisotopic (exact) mass is 190 g/mol. The van der Waals surface area contributed by atoms with E-state index in [1.807, 2.05) is 0 Å². The van der Waals surface area contributed by atoms with Gasteiger partial charge < -0.3 is 0 Å². The maximum absolute atomic E-state index is 1.59. The first-order valence-corrected chi connectivity index (χ1v) is 6.93. The summed E-state index contributed by atoms with van der Waals surface area (Å²) in [5.74, 6) is 7.25. The summed E-state index contributed by atoms with van der Waals surface area (Å²) in [5, 5.41) is 0. The predicted octanol–water partition coefficient (Wildman–Crippen LogP) is 3.86. The van der Waals surface area contributed by atoms with Gasteiger partial charge in [0.25, 0.3) is 0 Å². The van der Waals surface area contributed by atoms with Crippen LogP contribution < -0.4 is 0 Å². The summed E-state index contributed by atoms with van der Waals surface area (Å²) in [5.41, 5.74) is 0. The Labute approximate surface area is 87.5 Å². The third-order valence-corrected chi connectivity index (χ3v) is 5.11. The topological polar surface area (TPSA) is 0 Å². The van der Waals surface area contributed by atoms with Crippen LogP contribution in [0.1, 0.15) is 51.4 Å². The van der Waals surface area contributed by atoms with Crippen LogP contribution in [-0.4, -0.2) is 0 Å². The van der Waals surface area contributed by atoms with Gasteiger partial charge in [-0.2, -0.15) is 0 Å². The van der Waals surface area contributed by atoms with E-state index in [4.69, 9.17) is 0 Å². The molecule has 0 atom stereocenters. The molecule has 0 unspecified atom stereocenters. The van der Waals surface area contributed by atoms with Crippen LogP contribution in [0.5, 0.6) is 0 Å². The minimum atomic E-state index is 1.20. The predicted molar refractivity (Wildman–Crippen MR) is 57.9 cm³/mol. The molecule has 0 amide bonds. The normalized spacial score (nSPS) is 33.0. The molecule has 0 aromatic rings. The molecule has 0 spiro atoms. The van der Waals surface area contributed by atoms with Crippen LogP contribution in [0, 0.1) is 35.5 Å². The molecule has 0 heteroatoms. The Morgan fingerprint density at radius 1 is 0.429 bits per heavy atom. The second-order valence-electron chi connectivity index (χ2n) is 6.50. The van der Waals surface area contributed by atoms with Gasteiger partial charge in [0, 0.05) is 0 Å². The quantitative estimate of drug-likeness (QED) is 0.617. The zero-order valence-corrected chi connectivity index (χ0v) is 9.12. The molecule has 4 fully saturated rings. The molecular formula is C14H22. The highest BCUT2D eigenvalue weighted by atomic mass is 14.6. The van der Waals surface area contributed by atoms with Crippen LogP contribution in [0.3, 0.4) is 0 Å². The number of rotatable bonds is 5. The Bertz CT molecular complexity index is 178. The van der Waals surface area contributed by atoms with Crippen molar-refractivity contribution in [3.8, 4) is 0 Å². The Morgan fingerprint density at radius 3 is 0.786 bits per heavy atom. The highest BCUT2D eigenvalue weighted by Crippen LogP contribution is 2.62. The van der Waals surface area contributed by atoms with Crippen molar-refractivity contribution in [3.63, 3.8) is 0 Å².